The van der Waals surface area contributed by atoms with Crippen molar-refractivity contribution in [1.29, 1.82) is 0 Å². The normalized spacial score (nSPS) is 10.1. The van der Waals surface area contributed by atoms with Gasteiger partial charge in [0, 0.05) is 29.2 Å². The fourth-order valence-electron chi connectivity index (χ4n) is 2.20. The van der Waals surface area contributed by atoms with Gasteiger partial charge >= 0.3 is 5.97 Å². The molecule has 2 aromatic carbocycles. The summed E-state index contributed by atoms with van der Waals surface area (Å²) >= 11 is 5.78. The summed E-state index contributed by atoms with van der Waals surface area (Å²) in [6, 6.07) is 14.0. The fraction of sp³-hybridized carbons (Fsp3) is 0.250. The van der Waals surface area contributed by atoms with E-state index in [-0.39, 0.29) is 25.4 Å². The molecule has 2 rings (SSSR count). The highest BCUT2D eigenvalue weighted by molar-refractivity contribution is 6.30. The number of aryl methyl sites for hydroxylation is 1. The van der Waals surface area contributed by atoms with Crippen molar-refractivity contribution in [1.82, 2.24) is 0 Å². The summed E-state index contributed by atoms with van der Waals surface area (Å²) in [6.45, 7) is 1.59. The van der Waals surface area contributed by atoms with Crippen LogP contribution in [0.25, 0.3) is 0 Å². The lowest BCUT2D eigenvalue weighted by atomic mass is 10.2. The second-order valence-electron chi connectivity index (χ2n) is 5.98. The first-order chi connectivity index (χ1) is 12.9. The average molecular weight is 389 g/mol. The van der Waals surface area contributed by atoms with Gasteiger partial charge in [-0.15, -0.1) is 0 Å². The molecule has 0 saturated heterocycles. The minimum absolute atomic E-state index is 0.0614. The second-order valence-corrected chi connectivity index (χ2v) is 6.42. The quantitative estimate of drug-likeness (QED) is 0.671. The van der Waals surface area contributed by atoms with E-state index in [0.717, 1.165) is 5.56 Å². The number of ether oxygens (including phenoxy) is 1. The van der Waals surface area contributed by atoms with Gasteiger partial charge in [0.25, 0.3) is 5.91 Å². The Hall–Kier alpha value is -2.86. The lowest BCUT2D eigenvalue weighted by molar-refractivity contribution is -0.147. The smallest absolute Gasteiger partial charge is 0.306 e. The van der Waals surface area contributed by atoms with Crippen molar-refractivity contribution < 1.29 is 19.1 Å². The van der Waals surface area contributed by atoms with Crippen molar-refractivity contribution >= 4 is 40.8 Å². The monoisotopic (exact) mass is 388 g/mol. The zero-order valence-corrected chi connectivity index (χ0v) is 15.7. The predicted molar refractivity (Wildman–Crippen MR) is 105 cm³/mol. The van der Waals surface area contributed by atoms with E-state index in [0.29, 0.717) is 22.8 Å². The van der Waals surface area contributed by atoms with Gasteiger partial charge in [0.05, 0.1) is 0 Å². The maximum Gasteiger partial charge on any atom is 0.306 e. The zero-order valence-electron chi connectivity index (χ0n) is 15.0. The van der Waals surface area contributed by atoms with Crippen molar-refractivity contribution in [3.63, 3.8) is 0 Å². The SMILES string of the molecule is Cc1ccc(NC(=O)COC(=O)CCCC(=O)Nc2ccc(Cl)cc2)cc1. The summed E-state index contributed by atoms with van der Waals surface area (Å²) in [7, 11) is 0. The van der Waals surface area contributed by atoms with Crippen LogP contribution in [-0.4, -0.2) is 24.4 Å². The largest absolute Gasteiger partial charge is 0.456 e. The standard InChI is InChI=1S/C20H21ClN2O4/c1-14-5-9-16(10-6-14)23-19(25)13-27-20(26)4-2-3-18(24)22-17-11-7-15(21)8-12-17/h5-12H,2-4,13H2,1H3,(H,22,24)(H,23,25). The molecule has 6 nitrogen and oxygen atoms in total. The minimum atomic E-state index is -0.520. The number of benzene rings is 2. The van der Waals surface area contributed by atoms with Crippen LogP contribution < -0.4 is 10.6 Å². The van der Waals surface area contributed by atoms with Gasteiger partial charge in [-0.3, -0.25) is 14.4 Å². The number of carbonyl (C=O) groups is 3. The number of carbonyl (C=O) groups excluding carboxylic acids is 3. The average Bonchev–Trinajstić information content (AvgIpc) is 2.64. The highest BCUT2D eigenvalue weighted by Gasteiger charge is 2.09. The molecule has 27 heavy (non-hydrogen) atoms. The molecule has 0 saturated carbocycles. The van der Waals surface area contributed by atoms with Crippen LogP contribution >= 0.6 is 11.6 Å². The summed E-state index contributed by atoms with van der Waals surface area (Å²) in [4.78, 5) is 35.2. The van der Waals surface area contributed by atoms with Gasteiger partial charge in [-0.2, -0.15) is 0 Å². The molecule has 0 fully saturated rings. The second kappa shape index (κ2) is 10.3. The highest BCUT2D eigenvalue weighted by Crippen LogP contribution is 2.14. The van der Waals surface area contributed by atoms with E-state index in [2.05, 4.69) is 10.6 Å². The number of hydrogen-bond acceptors (Lipinski definition) is 4. The number of rotatable bonds is 8. The third-order valence-corrected chi connectivity index (χ3v) is 3.86. The zero-order chi connectivity index (χ0) is 19.6. The van der Waals surface area contributed by atoms with Crippen LogP contribution in [0.4, 0.5) is 11.4 Å². The molecule has 0 aliphatic rings. The Bertz CT molecular complexity index is 789. The molecule has 0 bridgehead atoms. The first kappa shape index (κ1) is 20.5. The summed E-state index contributed by atoms with van der Waals surface area (Å²) < 4.78 is 4.92. The molecule has 0 heterocycles. The van der Waals surface area contributed by atoms with Gasteiger partial charge < -0.3 is 15.4 Å². The summed E-state index contributed by atoms with van der Waals surface area (Å²) in [5.41, 5.74) is 2.36. The molecule has 2 aromatic rings. The first-order valence-corrected chi connectivity index (χ1v) is 8.88. The molecule has 2 amide bonds. The van der Waals surface area contributed by atoms with Gasteiger partial charge in [-0.05, 0) is 49.7 Å². The van der Waals surface area contributed by atoms with Gasteiger partial charge in [0.1, 0.15) is 0 Å². The maximum absolute atomic E-state index is 11.8. The van der Waals surface area contributed by atoms with Crippen LogP contribution in [-0.2, 0) is 19.1 Å². The molecule has 0 radical (unpaired) electrons. The van der Waals surface area contributed by atoms with Crippen molar-refractivity contribution in [3.05, 3.63) is 59.1 Å². The molecule has 0 aliphatic carbocycles. The Morgan fingerprint density at radius 2 is 1.41 bits per heavy atom. The van der Waals surface area contributed by atoms with Crippen LogP contribution in [0.1, 0.15) is 24.8 Å². The van der Waals surface area contributed by atoms with Crippen LogP contribution in [0, 0.1) is 6.92 Å². The molecule has 0 unspecified atom stereocenters. The Kier molecular flexibility index (Phi) is 7.82. The summed E-state index contributed by atoms with van der Waals surface area (Å²) in [5, 5.41) is 5.94. The van der Waals surface area contributed by atoms with Gasteiger partial charge in [-0.25, -0.2) is 0 Å². The van der Waals surface area contributed by atoms with E-state index < -0.39 is 11.9 Å². The fourth-order valence-corrected chi connectivity index (χ4v) is 2.33. The number of nitrogens with one attached hydrogen (secondary N) is 2. The Balaban J connectivity index is 1.61. The van der Waals surface area contributed by atoms with Crippen molar-refractivity contribution in [2.75, 3.05) is 17.2 Å². The molecular weight excluding hydrogens is 368 g/mol. The van der Waals surface area contributed by atoms with E-state index in [1.807, 2.05) is 19.1 Å². The lowest BCUT2D eigenvalue weighted by Gasteiger charge is -2.07. The first-order valence-electron chi connectivity index (χ1n) is 8.50. The van der Waals surface area contributed by atoms with Gasteiger partial charge in [0.2, 0.25) is 5.91 Å². The highest BCUT2D eigenvalue weighted by atomic mass is 35.5. The minimum Gasteiger partial charge on any atom is -0.456 e. The molecule has 2 N–H and O–H groups in total. The predicted octanol–water partition coefficient (Wildman–Crippen LogP) is 3.94. The molecular formula is C20H21ClN2O4. The van der Waals surface area contributed by atoms with Crippen LogP contribution in [0.5, 0.6) is 0 Å². The summed E-state index contributed by atoms with van der Waals surface area (Å²) in [6.07, 6.45) is 0.566. The molecule has 0 aliphatic heterocycles. The number of hydrogen-bond donors (Lipinski definition) is 2. The van der Waals surface area contributed by atoms with Gasteiger partial charge in [-0.1, -0.05) is 29.3 Å². The van der Waals surface area contributed by atoms with Crippen LogP contribution in [0.2, 0.25) is 5.02 Å². The third kappa shape index (κ3) is 7.92. The number of amides is 2. The Labute approximate surface area is 162 Å². The summed E-state index contributed by atoms with van der Waals surface area (Å²) in [5.74, 6) is -1.14. The van der Waals surface area contributed by atoms with Crippen molar-refractivity contribution in [3.8, 4) is 0 Å². The Morgan fingerprint density at radius 3 is 2.04 bits per heavy atom. The number of esters is 1. The third-order valence-electron chi connectivity index (χ3n) is 3.61. The molecule has 0 atom stereocenters. The maximum atomic E-state index is 11.8. The van der Waals surface area contributed by atoms with E-state index in [9.17, 15) is 14.4 Å². The number of halogens is 1. The molecule has 7 heteroatoms. The molecule has 0 spiro atoms. The number of anilines is 2. The van der Waals surface area contributed by atoms with Gasteiger partial charge in [0.15, 0.2) is 6.61 Å². The van der Waals surface area contributed by atoms with E-state index >= 15 is 0 Å². The van der Waals surface area contributed by atoms with E-state index in [1.54, 1.807) is 36.4 Å². The molecule has 142 valence electrons. The van der Waals surface area contributed by atoms with Crippen molar-refractivity contribution in [2.24, 2.45) is 0 Å². The van der Waals surface area contributed by atoms with Crippen LogP contribution in [0.15, 0.2) is 48.5 Å². The lowest BCUT2D eigenvalue weighted by Crippen LogP contribution is -2.21. The van der Waals surface area contributed by atoms with E-state index in [4.69, 9.17) is 16.3 Å². The molecule has 0 aromatic heterocycles. The Morgan fingerprint density at radius 1 is 0.852 bits per heavy atom. The van der Waals surface area contributed by atoms with E-state index in [1.165, 1.54) is 0 Å². The van der Waals surface area contributed by atoms with Crippen molar-refractivity contribution in [2.45, 2.75) is 26.2 Å². The topological polar surface area (TPSA) is 84.5 Å². The van der Waals surface area contributed by atoms with Crippen LogP contribution in [0.3, 0.4) is 0 Å².